The second-order valence-electron chi connectivity index (χ2n) is 4.77. The fraction of sp³-hybridized carbons (Fsp3) is 0.143. The van der Waals surface area contributed by atoms with Gasteiger partial charge in [-0.25, -0.2) is 9.48 Å². The SMILES string of the molecule is O=c1ccn(Cc2cn(Cc3ccc(I)cc3)nn2)c(=O)[nH]1. The number of hydrogen-bond donors (Lipinski definition) is 1. The Morgan fingerprint density at radius 1 is 1.09 bits per heavy atom. The first-order valence-corrected chi connectivity index (χ1v) is 7.61. The van der Waals surface area contributed by atoms with Gasteiger partial charge in [0.2, 0.25) is 0 Å². The van der Waals surface area contributed by atoms with Gasteiger partial charge in [-0.15, -0.1) is 5.10 Å². The summed E-state index contributed by atoms with van der Waals surface area (Å²) in [6, 6.07) is 9.45. The normalized spacial score (nSPS) is 10.8. The van der Waals surface area contributed by atoms with Gasteiger partial charge in [0.05, 0.1) is 19.3 Å². The summed E-state index contributed by atoms with van der Waals surface area (Å²) in [6.07, 6.45) is 3.23. The fourth-order valence-electron chi connectivity index (χ4n) is 2.01. The molecule has 0 aliphatic heterocycles. The van der Waals surface area contributed by atoms with E-state index in [2.05, 4.69) is 37.9 Å². The summed E-state index contributed by atoms with van der Waals surface area (Å²) in [5.41, 5.74) is 0.904. The van der Waals surface area contributed by atoms with E-state index in [4.69, 9.17) is 0 Å². The highest BCUT2D eigenvalue weighted by atomic mass is 127. The molecule has 0 amide bonds. The van der Waals surface area contributed by atoms with Gasteiger partial charge in [-0.3, -0.25) is 14.3 Å². The maximum absolute atomic E-state index is 11.6. The molecule has 0 aliphatic carbocycles. The number of rotatable bonds is 4. The van der Waals surface area contributed by atoms with Crippen LogP contribution in [-0.4, -0.2) is 24.5 Å². The number of aromatic amines is 1. The topological polar surface area (TPSA) is 85.6 Å². The third-order valence-corrected chi connectivity index (χ3v) is 3.79. The van der Waals surface area contributed by atoms with Gasteiger partial charge in [-0.1, -0.05) is 17.3 Å². The zero-order chi connectivity index (χ0) is 15.5. The van der Waals surface area contributed by atoms with Crippen molar-refractivity contribution in [1.29, 1.82) is 0 Å². The van der Waals surface area contributed by atoms with Crippen LogP contribution in [0.2, 0.25) is 0 Å². The van der Waals surface area contributed by atoms with E-state index in [1.165, 1.54) is 20.4 Å². The maximum atomic E-state index is 11.6. The third kappa shape index (κ3) is 3.50. The lowest BCUT2D eigenvalue weighted by Crippen LogP contribution is -2.28. The number of benzene rings is 1. The van der Waals surface area contributed by atoms with Crippen molar-refractivity contribution >= 4 is 22.6 Å². The molecule has 2 heterocycles. The van der Waals surface area contributed by atoms with Crippen LogP contribution in [0, 0.1) is 3.57 Å². The molecule has 8 heteroatoms. The minimum Gasteiger partial charge on any atom is -0.294 e. The maximum Gasteiger partial charge on any atom is 0.328 e. The van der Waals surface area contributed by atoms with Crippen LogP contribution in [0.25, 0.3) is 0 Å². The molecule has 0 bridgehead atoms. The third-order valence-electron chi connectivity index (χ3n) is 3.07. The van der Waals surface area contributed by atoms with E-state index in [-0.39, 0.29) is 6.54 Å². The van der Waals surface area contributed by atoms with Crippen molar-refractivity contribution in [2.75, 3.05) is 0 Å². The summed E-state index contributed by atoms with van der Waals surface area (Å²) in [7, 11) is 0. The van der Waals surface area contributed by atoms with Crippen LogP contribution in [-0.2, 0) is 13.1 Å². The number of nitrogens with one attached hydrogen (secondary N) is 1. The summed E-state index contributed by atoms with van der Waals surface area (Å²) >= 11 is 2.26. The van der Waals surface area contributed by atoms with Crippen molar-refractivity contribution in [2.45, 2.75) is 13.1 Å². The van der Waals surface area contributed by atoms with E-state index in [1.807, 2.05) is 24.3 Å². The van der Waals surface area contributed by atoms with Crippen molar-refractivity contribution in [3.63, 3.8) is 0 Å². The molecule has 0 radical (unpaired) electrons. The van der Waals surface area contributed by atoms with E-state index in [0.717, 1.165) is 5.56 Å². The largest absolute Gasteiger partial charge is 0.328 e. The van der Waals surface area contributed by atoms with Gasteiger partial charge in [0.1, 0.15) is 5.69 Å². The molecule has 7 nitrogen and oxygen atoms in total. The van der Waals surface area contributed by atoms with Gasteiger partial charge in [-0.2, -0.15) is 0 Å². The Kier molecular flexibility index (Phi) is 4.18. The zero-order valence-corrected chi connectivity index (χ0v) is 13.6. The second-order valence-corrected chi connectivity index (χ2v) is 6.02. The van der Waals surface area contributed by atoms with Gasteiger partial charge in [0.25, 0.3) is 5.56 Å². The summed E-state index contributed by atoms with van der Waals surface area (Å²) in [6.45, 7) is 0.882. The predicted octanol–water partition coefficient (Wildman–Crippen LogP) is 0.829. The smallest absolute Gasteiger partial charge is 0.294 e. The number of hydrogen-bond acceptors (Lipinski definition) is 4. The second kappa shape index (κ2) is 6.26. The van der Waals surface area contributed by atoms with Crippen LogP contribution < -0.4 is 11.2 Å². The van der Waals surface area contributed by atoms with Crippen molar-refractivity contribution in [3.8, 4) is 0 Å². The van der Waals surface area contributed by atoms with Crippen LogP contribution in [0.3, 0.4) is 0 Å². The van der Waals surface area contributed by atoms with Crippen LogP contribution in [0.5, 0.6) is 0 Å². The molecule has 0 spiro atoms. The minimum absolute atomic E-state index is 0.266. The van der Waals surface area contributed by atoms with E-state index < -0.39 is 11.2 Å². The first-order chi connectivity index (χ1) is 10.6. The molecule has 0 saturated heterocycles. The van der Waals surface area contributed by atoms with Gasteiger partial charge in [0.15, 0.2) is 0 Å². The molecule has 0 saturated carbocycles. The lowest BCUT2D eigenvalue weighted by atomic mass is 10.2. The van der Waals surface area contributed by atoms with Gasteiger partial charge >= 0.3 is 5.69 Å². The van der Waals surface area contributed by atoms with E-state index in [9.17, 15) is 9.59 Å². The molecule has 0 aliphatic rings. The highest BCUT2D eigenvalue weighted by Crippen LogP contribution is 2.08. The zero-order valence-electron chi connectivity index (χ0n) is 11.4. The Bertz CT molecular complexity index is 894. The number of H-pyrrole nitrogens is 1. The Hall–Kier alpha value is -2.23. The summed E-state index contributed by atoms with van der Waals surface area (Å²) in [5.74, 6) is 0. The summed E-state index contributed by atoms with van der Waals surface area (Å²) in [5, 5.41) is 8.10. The minimum atomic E-state index is -0.459. The summed E-state index contributed by atoms with van der Waals surface area (Å²) in [4.78, 5) is 24.9. The fourth-order valence-corrected chi connectivity index (χ4v) is 2.37. The van der Waals surface area contributed by atoms with Crippen molar-refractivity contribution in [1.82, 2.24) is 24.5 Å². The first kappa shape index (κ1) is 14.7. The molecule has 1 N–H and O–H groups in total. The average Bonchev–Trinajstić information content (AvgIpc) is 2.92. The molecule has 0 fully saturated rings. The predicted molar refractivity (Wildman–Crippen MR) is 88.7 cm³/mol. The Labute approximate surface area is 138 Å². The van der Waals surface area contributed by atoms with Crippen LogP contribution in [0.15, 0.2) is 52.3 Å². The molecule has 112 valence electrons. The summed E-state index contributed by atoms with van der Waals surface area (Å²) < 4.78 is 4.27. The van der Waals surface area contributed by atoms with E-state index in [1.54, 1.807) is 10.9 Å². The number of halogens is 1. The first-order valence-electron chi connectivity index (χ1n) is 6.53. The Balaban J connectivity index is 1.74. The highest BCUT2D eigenvalue weighted by molar-refractivity contribution is 14.1. The Morgan fingerprint density at radius 3 is 2.59 bits per heavy atom. The van der Waals surface area contributed by atoms with Gasteiger partial charge in [0, 0.05) is 15.8 Å². The van der Waals surface area contributed by atoms with Crippen molar-refractivity contribution in [2.24, 2.45) is 0 Å². The van der Waals surface area contributed by atoms with E-state index >= 15 is 0 Å². The molecule has 0 unspecified atom stereocenters. The lowest BCUT2D eigenvalue weighted by molar-refractivity contribution is 0.647. The molecular formula is C14H12IN5O2. The average molecular weight is 409 g/mol. The highest BCUT2D eigenvalue weighted by Gasteiger charge is 2.04. The lowest BCUT2D eigenvalue weighted by Gasteiger charge is -2.01. The molecule has 22 heavy (non-hydrogen) atoms. The number of aromatic nitrogens is 5. The molecule has 3 aromatic rings. The van der Waals surface area contributed by atoms with Crippen LogP contribution in [0.1, 0.15) is 11.3 Å². The van der Waals surface area contributed by atoms with Gasteiger partial charge < -0.3 is 0 Å². The van der Waals surface area contributed by atoms with Crippen molar-refractivity contribution in [3.05, 3.63) is 78.4 Å². The molecule has 1 aromatic carbocycles. The molecule has 0 atom stereocenters. The number of nitrogens with zero attached hydrogens (tertiary/aromatic N) is 4. The van der Waals surface area contributed by atoms with Crippen LogP contribution >= 0.6 is 22.6 Å². The quantitative estimate of drug-likeness (QED) is 0.647. The standard InChI is InChI=1S/C14H12IN5O2/c15-11-3-1-10(2-4-11)7-20-9-12(17-18-20)8-19-6-5-13(21)16-14(19)22/h1-6,9H,7-8H2,(H,16,21,22). The Morgan fingerprint density at radius 2 is 1.86 bits per heavy atom. The molecular weight excluding hydrogens is 397 g/mol. The van der Waals surface area contributed by atoms with Crippen LogP contribution in [0.4, 0.5) is 0 Å². The van der Waals surface area contributed by atoms with E-state index in [0.29, 0.717) is 12.2 Å². The monoisotopic (exact) mass is 409 g/mol. The van der Waals surface area contributed by atoms with Gasteiger partial charge in [-0.05, 0) is 40.3 Å². The van der Waals surface area contributed by atoms with Crippen molar-refractivity contribution < 1.29 is 0 Å². The molecule has 3 rings (SSSR count). The molecule has 2 aromatic heterocycles.